The highest BCUT2D eigenvalue weighted by Gasteiger charge is 2.36. The van der Waals surface area contributed by atoms with Gasteiger partial charge in [-0.15, -0.1) is 0 Å². The monoisotopic (exact) mass is 562 g/mol. The second kappa shape index (κ2) is 11.0. The molecule has 3 aromatic rings. The van der Waals surface area contributed by atoms with Crippen LogP contribution < -0.4 is 19.7 Å². The fourth-order valence-electron chi connectivity index (χ4n) is 3.88. The number of hydrogen-bond acceptors (Lipinski definition) is 5. The molecule has 1 N–H and O–H groups in total. The molecule has 0 unspecified atom stereocenters. The molecule has 0 aliphatic carbocycles. The summed E-state index contributed by atoms with van der Waals surface area (Å²) < 4.78 is 12.5. The molecule has 8 heteroatoms. The molecular weight excluding hydrogens is 536 g/mol. The van der Waals surface area contributed by atoms with Crippen LogP contribution in [-0.2, 0) is 16.2 Å². The summed E-state index contributed by atoms with van der Waals surface area (Å²) in [5, 5.41) is 2.25. The SMILES string of the molecule is CCOc1cc(/C=C2\C(=O)NC(=O)N(c3ccc(C)cc3)C2=O)cc(Br)c1OCc1ccc(C)c(C)c1. The fourth-order valence-corrected chi connectivity index (χ4v) is 4.45. The molecule has 4 rings (SSSR count). The van der Waals surface area contributed by atoms with Crippen LogP contribution in [0.15, 0.2) is 64.6 Å². The van der Waals surface area contributed by atoms with Gasteiger partial charge in [0.1, 0.15) is 12.2 Å². The second-order valence-electron chi connectivity index (χ2n) is 8.76. The van der Waals surface area contributed by atoms with Gasteiger partial charge in [-0.05, 0) is 96.2 Å². The number of barbiturate groups is 1. The fraction of sp³-hybridized carbons (Fsp3) is 0.207. The third-order valence-corrected chi connectivity index (χ3v) is 6.58. The molecule has 7 nitrogen and oxygen atoms in total. The Kier molecular flexibility index (Phi) is 7.78. The number of ether oxygens (including phenoxy) is 2. The van der Waals surface area contributed by atoms with Crippen LogP contribution in [0.5, 0.6) is 11.5 Å². The molecule has 1 saturated heterocycles. The Morgan fingerprint density at radius 1 is 0.919 bits per heavy atom. The molecule has 0 spiro atoms. The summed E-state index contributed by atoms with van der Waals surface area (Å²) >= 11 is 3.54. The molecule has 1 aliphatic rings. The van der Waals surface area contributed by atoms with Crippen molar-refractivity contribution in [3.8, 4) is 11.5 Å². The molecule has 0 atom stereocenters. The molecule has 0 saturated carbocycles. The Bertz CT molecular complexity index is 1410. The average Bonchev–Trinajstić information content (AvgIpc) is 2.84. The number of halogens is 1. The zero-order valence-corrected chi connectivity index (χ0v) is 22.6. The van der Waals surface area contributed by atoms with Crippen LogP contribution in [0.3, 0.4) is 0 Å². The van der Waals surface area contributed by atoms with E-state index in [0.717, 1.165) is 16.0 Å². The van der Waals surface area contributed by atoms with Crippen LogP contribution in [0.25, 0.3) is 6.08 Å². The van der Waals surface area contributed by atoms with E-state index in [2.05, 4.69) is 47.2 Å². The largest absolute Gasteiger partial charge is 0.490 e. The summed E-state index contributed by atoms with van der Waals surface area (Å²) in [5.74, 6) is -0.495. The molecule has 0 aromatic heterocycles. The number of aryl methyl sites for hydroxylation is 3. The minimum atomic E-state index is -0.790. The number of nitrogens with zero attached hydrogens (tertiary/aromatic N) is 1. The van der Waals surface area contributed by atoms with Crippen molar-refractivity contribution in [2.24, 2.45) is 0 Å². The van der Waals surface area contributed by atoms with Gasteiger partial charge in [0.2, 0.25) is 0 Å². The maximum Gasteiger partial charge on any atom is 0.335 e. The molecule has 1 aliphatic heterocycles. The molecule has 37 heavy (non-hydrogen) atoms. The normalized spacial score (nSPS) is 14.7. The number of rotatable bonds is 7. The first-order valence-corrected chi connectivity index (χ1v) is 12.6. The van der Waals surface area contributed by atoms with Gasteiger partial charge in [-0.2, -0.15) is 0 Å². The number of nitrogens with one attached hydrogen (secondary N) is 1. The average molecular weight is 563 g/mol. The van der Waals surface area contributed by atoms with E-state index < -0.39 is 17.8 Å². The summed E-state index contributed by atoms with van der Waals surface area (Å²) in [6.07, 6.45) is 1.44. The lowest BCUT2D eigenvalue weighted by Gasteiger charge is -2.26. The summed E-state index contributed by atoms with van der Waals surface area (Å²) in [7, 11) is 0. The highest BCUT2D eigenvalue weighted by molar-refractivity contribution is 9.10. The summed E-state index contributed by atoms with van der Waals surface area (Å²) in [6, 6.07) is 15.7. The lowest BCUT2D eigenvalue weighted by molar-refractivity contribution is -0.122. The van der Waals surface area contributed by atoms with Crippen molar-refractivity contribution >= 4 is 45.5 Å². The highest BCUT2D eigenvalue weighted by Crippen LogP contribution is 2.38. The number of benzene rings is 3. The predicted molar refractivity (Wildman–Crippen MR) is 146 cm³/mol. The number of hydrogen-bond donors (Lipinski definition) is 1. The summed E-state index contributed by atoms with van der Waals surface area (Å²) in [4.78, 5) is 39.2. The first-order chi connectivity index (χ1) is 17.7. The Morgan fingerprint density at radius 2 is 1.65 bits per heavy atom. The number of amides is 4. The van der Waals surface area contributed by atoms with Gasteiger partial charge in [-0.25, -0.2) is 9.69 Å². The van der Waals surface area contributed by atoms with E-state index in [1.165, 1.54) is 17.2 Å². The van der Waals surface area contributed by atoms with Crippen molar-refractivity contribution < 1.29 is 23.9 Å². The first-order valence-electron chi connectivity index (χ1n) is 11.8. The lowest BCUT2D eigenvalue weighted by atomic mass is 10.1. The van der Waals surface area contributed by atoms with Gasteiger partial charge in [0.25, 0.3) is 11.8 Å². The number of urea groups is 1. The topological polar surface area (TPSA) is 84.9 Å². The molecule has 4 amide bonds. The third kappa shape index (κ3) is 5.75. The number of imide groups is 2. The Morgan fingerprint density at radius 3 is 2.32 bits per heavy atom. The van der Waals surface area contributed by atoms with E-state index in [4.69, 9.17) is 9.47 Å². The number of carbonyl (C=O) groups excluding carboxylic acids is 3. The third-order valence-electron chi connectivity index (χ3n) is 5.99. The van der Waals surface area contributed by atoms with Crippen molar-refractivity contribution in [2.75, 3.05) is 11.5 Å². The lowest BCUT2D eigenvalue weighted by Crippen LogP contribution is -2.54. The quantitative estimate of drug-likeness (QED) is 0.281. The van der Waals surface area contributed by atoms with Crippen molar-refractivity contribution in [2.45, 2.75) is 34.3 Å². The molecule has 0 bridgehead atoms. The number of carbonyl (C=O) groups is 3. The van der Waals surface area contributed by atoms with Gasteiger partial charge >= 0.3 is 6.03 Å². The van der Waals surface area contributed by atoms with Crippen LogP contribution in [0.1, 0.15) is 34.7 Å². The predicted octanol–water partition coefficient (Wildman–Crippen LogP) is 6.02. The first kappa shape index (κ1) is 26.2. The van der Waals surface area contributed by atoms with Crippen LogP contribution in [0, 0.1) is 20.8 Å². The maximum absolute atomic E-state index is 13.2. The smallest absolute Gasteiger partial charge is 0.335 e. The number of anilines is 1. The standard InChI is InChI=1S/C29H27BrN2O5/c1-5-36-25-15-21(14-24(30)26(25)37-16-20-9-8-18(3)19(4)12-20)13-23-27(33)31-29(35)32(28(23)34)22-10-6-17(2)7-11-22/h6-15H,5,16H2,1-4H3,(H,31,33,35)/b23-13+. The molecule has 190 valence electrons. The molecular formula is C29H27BrN2O5. The van der Waals surface area contributed by atoms with Gasteiger partial charge in [0.15, 0.2) is 11.5 Å². The summed E-state index contributed by atoms with van der Waals surface area (Å²) in [6.45, 7) is 8.61. The van der Waals surface area contributed by atoms with Crippen molar-refractivity contribution in [3.05, 3.63) is 92.5 Å². The molecule has 3 aromatic carbocycles. The van der Waals surface area contributed by atoms with Gasteiger partial charge < -0.3 is 9.47 Å². The van der Waals surface area contributed by atoms with E-state index in [-0.39, 0.29) is 5.57 Å². The molecule has 0 radical (unpaired) electrons. The second-order valence-corrected chi connectivity index (χ2v) is 9.62. The van der Waals surface area contributed by atoms with Crippen molar-refractivity contribution in [1.82, 2.24) is 5.32 Å². The van der Waals surface area contributed by atoms with E-state index in [0.29, 0.717) is 40.4 Å². The van der Waals surface area contributed by atoms with E-state index >= 15 is 0 Å². The minimum absolute atomic E-state index is 0.168. The van der Waals surface area contributed by atoms with Crippen LogP contribution >= 0.6 is 15.9 Å². The van der Waals surface area contributed by atoms with Crippen LogP contribution in [-0.4, -0.2) is 24.5 Å². The Labute approximate surface area is 224 Å². The van der Waals surface area contributed by atoms with Crippen molar-refractivity contribution in [3.63, 3.8) is 0 Å². The van der Waals surface area contributed by atoms with Crippen LogP contribution in [0.4, 0.5) is 10.5 Å². The molecule has 1 fully saturated rings. The van der Waals surface area contributed by atoms with Gasteiger partial charge in [-0.1, -0.05) is 35.9 Å². The van der Waals surface area contributed by atoms with Crippen LogP contribution in [0.2, 0.25) is 0 Å². The highest BCUT2D eigenvalue weighted by atomic mass is 79.9. The Hall–Kier alpha value is -3.91. The minimum Gasteiger partial charge on any atom is -0.490 e. The van der Waals surface area contributed by atoms with E-state index in [9.17, 15) is 14.4 Å². The maximum atomic E-state index is 13.2. The summed E-state index contributed by atoms with van der Waals surface area (Å²) in [5.41, 5.74) is 5.13. The Balaban J connectivity index is 1.65. The van der Waals surface area contributed by atoms with Crippen molar-refractivity contribution in [1.29, 1.82) is 0 Å². The zero-order valence-electron chi connectivity index (χ0n) is 21.1. The van der Waals surface area contributed by atoms with Gasteiger partial charge in [0, 0.05) is 0 Å². The van der Waals surface area contributed by atoms with Gasteiger partial charge in [0.05, 0.1) is 16.8 Å². The zero-order chi connectivity index (χ0) is 26.7. The molecule has 1 heterocycles. The van der Waals surface area contributed by atoms with Gasteiger partial charge in [-0.3, -0.25) is 14.9 Å². The van der Waals surface area contributed by atoms with E-state index in [1.807, 2.05) is 19.9 Å². The van der Waals surface area contributed by atoms with E-state index in [1.54, 1.807) is 36.4 Å².